The lowest BCUT2D eigenvalue weighted by Gasteiger charge is -2.33. The largest absolute Gasteiger partial charge is 0.466 e. The van der Waals surface area contributed by atoms with E-state index in [1.807, 2.05) is 13.1 Å². The van der Waals surface area contributed by atoms with Gasteiger partial charge in [0, 0.05) is 30.7 Å². The van der Waals surface area contributed by atoms with Crippen LogP contribution in [0.15, 0.2) is 11.2 Å². The molecule has 2 rings (SSSR count). The van der Waals surface area contributed by atoms with Crippen LogP contribution in [0, 0.1) is 5.92 Å². The topological polar surface area (TPSA) is 66.8 Å². The number of ether oxygens (including phenoxy) is 1. The number of hydrogen-bond donors (Lipinski definition) is 1. The molecule has 0 bridgehead atoms. The number of aromatic nitrogens is 1. The number of aliphatic imine (C=N–C) groups is 1. The molecule has 0 amide bonds. The van der Waals surface area contributed by atoms with Crippen molar-refractivity contribution in [3.8, 4) is 0 Å². The summed E-state index contributed by atoms with van der Waals surface area (Å²) in [6.07, 6.45) is 4.81. The number of aryl methyl sites for hydroxylation is 1. The Bertz CT molecular complexity index is 559. The molecule has 1 unspecified atom stereocenters. The third-order valence-electron chi connectivity index (χ3n) is 3.99. The second kappa shape index (κ2) is 9.61. The maximum atomic E-state index is 12.0. The van der Waals surface area contributed by atoms with E-state index < -0.39 is 0 Å². The van der Waals surface area contributed by atoms with Gasteiger partial charge in [0.15, 0.2) is 5.96 Å². The summed E-state index contributed by atoms with van der Waals surface area (Å²) in [7, 11) is 0. The monoisotopic (exact) mass is 352 g/mol. The number of esters is 1. The zero-order chi connectivity index (χ0) is 17.4. The van der Waals surface area contributed by atoms with Crippen LogP contribution in [0.2, 0.25) is 0 Å². The zero-order valence-corrected chi connectivity index (χ0v) is 15.7. The van der Waals surface area contributed by atoms with Gasteiger partial charge in [-0.2, -0.15) is 0 Å². The van der Waals surface area contributed by atoms with Crippen LogP contribution in [-0.2, 0) is 22.5 Å². The van der Waals surface area contributed by atoms with E-state index in [9.17, 15) is 4.79 Å². The first-order chi connectivity index (χ1) is 11.7. The fourth-order valence-corrected chi connectivity index (χ4v) is 3.56. The summed E-state index contributed by atoms with van der Waals surface area (Å²) in [6, 6.07) is 0. The molecule has 0 aromatic carbocycles. The molecule has 1 aliphatic heterocycles. The molecule has 6 nitrogen and oxygen atoms in total. The van der Waals surface area contributed by atoms with Gasteiger partial charge in [0.1, 0.15) is 5.01 Å². The van der Waals surface area contributed by atoms with Gasteiger partial charge in [-0.25, -0.2) is 9.98 Å². The number of likely N-dealkylation sites (tertiary alicyclic amines) is 1. The van der Waals surface area contributed by atoms with E-state index in [0.717, 1.165) is 43.3 Å². The smallest absolute Gasteiger partial charge is 0.310 e. The maximum absolute atomic E-state index is 12.0. The Labute approximate surface area is 148 Å². The third-order valence-corrected chi connectivity index (χ3v) is 5.12. The maximum Gasteiger partial charge on any atom is 0.310 e. The van der Waals surface area contributed by atoms with Crippen LogP contribution in [0.5, 0.6) is 0 Å². The highest BCUT2D eigenvalue weighted by atomic mass is 32.1. The first kappa shape index (κ1) is 18.7. The molecule has 24 heavy (non-hydrogen) atoms. The van der Waals surface area contributed by atoms with Gasteiger partial charge in [0.05, 0.1) is 19.1 Å². The van der Waals surface area contributed by atoms with Crippen molar-refractivity contribution in [2.45, 2.75) is 46.6 Å². The number of piperidine rings is 1. The number of carbonyl (C=O) groups excluding carboxylic acids is 1. The van der Waals surface area contributed by atoms with Crippen LogP contribution < -0.4 is 5.32 Å². The summed E-state index contributed by atoms with van der Waals surface area (Å²) >= 11 is 1.71. The van der Waals surface area contributed by atoms with Crippen LogP contribution in [-0.4, -0.2) is 48.1 Å². The molecule has 1 aliphatic rings. The van der Waals surface area contributed by atoms with Gasteiger partial charge in [-0.05, 0) is 33.1 Å². The van der Waals surface area contributed by atoms with Crippen molar-refractivity contribution >= 4 is 23.3 Å². The number of rotatable bonds is 6. The lowest BCUT2D eigenvalue weighted by molar-refractivity contribution is -0.149. The predicted molar refractivity (Wildman–Crippen MR) is 97.2 cm³/mol. The highest BCUT2D eigenvalue weighted by Crippen LogP contribution is 2.19. The van der Waals surface area contributed by atoms with Crippen molar-refractivity contribution in [1.29, 1.82) is 0 Å². The minimum Gasteiger partial charge on any atom is -0.466 e. The Morgan fingerprint density at radius 2 is 2.33 bits per heavy atom. The van der Waals surface area contributed by atoms with Gasteiger partial charge in [0.2, 0.25) is 0 Å². The standard InChI is InChI=1S/C17H28N4O2S/c1-4-14-10-19-15(24-14)11-20-17(18-5-2)21-9-7-8-13(12-21)16(22)23-6-3/h10,13H,4-9,11-12H2,1-3H3,(H,18,20). The molecule has 2 heterocycles. The molecule has 134 valence electrons. The quantitative estimate of drug-likeness (QED) is 0.484. The molecule has 1 aromatic rings. The average Bonchev–Trinajstić information content (AvgIpc) is 3.07. The lowest BCUT2D eigenvalue weighted by atomic mass is 9.98. The summed E-state index contributed by atoms with van der Waals surface area (Å²) in [4.78, 5) is 24.6. The third kappa shape index (κ3) is 5.19. The fraction of sp³-hybridized carbons (Fsp3) is 0.706. The number of thiazole rings is 1. The number of nitrogens with zero attached hydrogens (tertiary/aromatic N) is 3. The molecule has 1 fully saturated rings. The molecule has 1 N–H and O–H groups in total. The molecule has 0 spiro atoms. The summed E-state index contributed by atoms with van der Waals surface area (Å²) in [6.45, 7) is 9.44. The molecule has 0 radical (unpaired) electrons. The van der Waals surface area contributed by atoms with Gasteiger partial charge >= 0.3 is 5.97 Å². The van der Waals surface area contributed by atoms with Crippen molar-refractivity contribution in [3.63, 3.8) is 0 Å². The molecule has 0 saturated carbocycles. The lowest BCUT2D eigenvalue weighted by Crippen LogP contribution is -2.48. The first-order valence-corrected chi connectivity index (χ1v) is 9.63. The Morgan fingerprint density at radius 3 is 3.00 bits per heavy atom. The van der Waals surface area contributed by atoms with Crippen LogP contribution in [0.25, 0.3) is 0 Å². The highest BCUT2D eigenvalue weighted by molar-refractivity contribution is 7.11. The van der Waals surface area contributed by atoms with Crippen molar-refractivity contribution in [1.82, 2.24) is 15.2 Å². The second-order valence-electron chi connectivity index (χ2n) is 5.78. The van der Waals surface area contributed by atoms with Gasteiger partial charge in [-0.15, -0.1) is 11.3 Å². The number of hydrogen-bond acceptors (Lipinski definition) is 5. The predicted octanol–water partition coefficient (Wildman–Crippen LogP) is 2.45. The number of nitrogens with one attached hydrogen (secondary N) is 1. The molecule has 1 aromatic heterocycles. The summed E-state index contributed by atoms with van der Waals surface area (Å²) in [5, 5.41) is 4.36. The van der Waals surface area contributed by atoms with Gasteiger partial charge in [0.25, 0.3) is 0 Å². The SMILES string of the molecule is CCNC(=NCc1ncc(CC)s1)N1CCCC(C(=O)OCC)C1. The highest BCUT2D eigenvalue weighted by Gasteiger charge is 2.28. The van der Waals surface area contributed by atoms with Crippen molar-refractivity contribution in [2.24, 2.45) is 10.9 Å². The Balaban J connectivity index is 2.02. The number of guanidine groups is 1. The second-order valence-corrected chi connectivity index (χ2v) is 6.98. The van der Waals surface area contributed by atoms with Crippen LogP contribution in [0.4, 0.5) is 0 Å². The summed E-state index contributed by atoms with van der Waals surface area (Å²) in [5.41, 5.74) is 0. The van der Waals surface area contributed by atoms with Crippen LogP contribution in [0.1, 0.15) is 43.5 Å². The molecular formula is C17H28N4O2S. The minimum absolute atomic E-state index is 0.0610. The van der Waals surface area contributed by atoms with E-state index in [2.05, 4.69) is 29.0 Å². The van der Waals surface area contributed by atoms with Crippen LogP contribution >= 0.6 is 11.3 Å². The molecule has 1 atom stereocenters. The average molecular weight is 353 g/mol. The van der Waals surface area contributed by atoms with Gasteiger partial charge < -0.3 is 15.0 Å². The summed E-state index contributed by atoms with van der Waals surface area (Å²) in [5.74, 6) is 0.708. The molecule has 7 heteroatoms. The molecule has 1 saturated heterocycles. The van der Waals surface area contributed by atoms with Crippen LogP contribution in [0.3, 0.4) is 0 Å². The molecular weight excluding hydrogens is 324 g/mol. The van der Waals surface area contributed by atoms with E-state index in [1.54, 1.807) is 11.3 Å². The van der Waals surface area contributed by atoms with E-state index in [0.29, 0.717) is 19.7 Å². The van der Waals surface area contributed by atoms with Crippen molar-refractivity contribution in [3.05, 3.63) is 16.1 Å². The van der Waals surface area contributed by atoms with E-state index in [1.165, 1.54) is 4.88 Å². The normalized spacial score (nSPS) is 18.5. The van der Waals surface area contributed by atoms with Crippen molar-refractivity contribution < 1.29 is 9.53 Å². The first-order valence-electron chi connectivity index (χ1n) is 8.81. The van der Waals surface area contributed by atoms with E-state index in [4.69, 9.17) is 9.73 Å². The van der Waals surface area contributed by atoms with E-state index >= 15 is 0 Å². The fourth-order valence-electron chi connectivity index (χ4n) is 2.77. The Hall–Kier alpha value is -1.63. The van der Waals surface area contributed by atoms with Gasteiger partial charge in [-0.1, -0.05) is 6.92 Å². The Kier molecular flexibility index (Phi) is 7.49. The van der Waals surface area contributed by atoms with Crippen molar-refractivity contribution in [2.75, 3.05) is 26.2 Å². The summed E-state index contributed by atoms with van der Waals surface area (Å²) < 4.78 is 5.18. The Morgan fingerprint density at radius 1 is 1.50 bits per heavy atom. The minimum atomic E-state index is -0.0921. The van der Waals surface area contributed by atoms with Gasteiger partial charge in [-0.3, -0.25) is 4.79 Å². The zero-order valence-electron chi connectivity index (χ0n) is 14.9. The molecule has 0 aliphatic carbocycles. The van der Waals surface area contributed by atoms with E-state index in [-0.39, 0.29) is 11.9 Å². The number of carbonyl (C=O) groups is 1.